The summed E-state index contributed by atoms with van der Waals surface area (Å²) in [4.78, 5) is 8.31. The highest BCUT2D eigenvalue weighted by atomic mass is 35.5. The van der Waals surface area contributed by atoms with Crippen LogP contribution in [-0.4, -0.2) is 27.7 Å². The summed E-state index contributed by atoms with van der Waals surface area (Å²) in [7, 11) is 0. The molecule has 0 bridgehead atoms. The molecular weight excluding hydrogens is 359 g/mol. The molecule has 26 heavy (non-hydrogen) atoms. The highest BCUT2D eigenvalue weighted by molar-refractivity contribution is 6.32. The Hall–Kier alpha value is -2.38. The van der Waals surface area contributed by atoms with Crippen LogP contribution in [0.25, 0.3) is 22.3 Å². The number of nitrogens with zero attached hydrogens (tertiary/aromatic N) is 2. The molecule has 136 valence electrons. The van der Waals surface area contributed by atoms with Crippen LogP contribution in [0.15, 0.2) is 28.7 Å². The van der Waals surface area contributed by atoms with Gasteiger partial charge in [0.05, 0.1) is 5.56 Å². The number of aliphatic hydroxyl groups is 1. The number of halogens is 2. The van der Waals surface area contributed by atoms with Gasteiger partial charge in [-0.15, -0.1) is 0 Å². The molecule has 4 rings (SSSR count). The summed E-state index contributed by atoms with van der Waals surface area (Å²) in [5.41, 5.74) is 6.67. The molecule has 0 unspecified atom stereocenters. The van der Waals surface area contributed by atoms with Crippen molar-refractivity contribution in [2.24, 2.45) is 5.92 Å². The Bertz CT molecular complexity index is 962. The van der Waals surface area contributed by atoms with Crippen molar-refractivity contribution in [1.29, 1.82) is 0 Å². The molecule has 8 heteroatoms. The van der Waals surface area contributed by atoms with E-state index in [9.17, 15) is 9.50 Å². The maximum absolute atomic E-state index is 13.4. The van der Waals surface area contributed by atoms with Crippen molar-refractivity contribution in [3.05, 3.63) is 35.2 Å². The summed E-state index contributed by atoms with van der Waals surface area (Å²) in [6.07, 6.45) is 2.70. The number of nitrogens with one attached hydrogen (secondary N) is 1. The molecule has 6 nitrogen and oxygen atoms in total. The number of nitrogens with two attached hydrogens (primary N) is 1. The van der Waals surface area contributed by atoms with E-state index < -0.39 is 0 Å². The number of rotatable bonds is 4. The monoisotopic (exact) mass is 376 g/mol. The molecule has 3 aromatic rings. The van der Waals surface area contributed by atoms with Gasteiger partial charge >= 0.3 is 0 Å². The second kappa shape index (κ2) is 6.74. The Morgan fingerprint density at radius 2 is 2.15 bits per heavy atom. The molecule has 1 aliphatic carbocycles. The van der Waals surface area contributed by atoms with Crippen molar-refractivity contribution in [3.8, 4) is 11.3 Å². The number of furan rings is 1. The molecule has 0 radical (unpaired) electrons. The molecule has 4 N–H and O–H groups in total. The molecule has 0 amide bonds. The van der Waals surface area contributed by atoms with E-state index in [-0.39, 0.29) is 35.5 Å². The van der Waals surface area contributed by atoms with Gasteiger partial charge in [-0.2, -0.15) is 4.98 Å². The smallest absolute Gasteiger partial charge is 0.223 e. The van der Waals surface area contributed by atoms with Gasteiger partial charge in [-0.3, -0.25) is 0 Å². The first kappa shape index (κ1) is 17.1. The first-order valence-corrected chi connectivity index (χ1v) is 8.81. The third-order valence-electron chi connectivity index (χ3n) is 4.75. The Morgan fingerprint density at radius 1 is 1.31 bits per heavy atom. The molecular formula is C18H18ClFN4O2. The van der Waals surface area contributed by atoms with Crippen LogP contribution in [-0.2, 0) is 0 Å². The van der Waals surface area contributed by atoms with Gasteiger partial charge in [0.15, 0.2) is 0 Å². The molecule has 2 aromatic heterocycles. The van der Waals surface area contributed by atoms with Gasteiger partial charge in [0.2, 0.25) is 5.95 Å². The van der Waals surface area contributed by atoms with Crippen LogP contribution in [0, 0.1) is 11.7 Å². The number of aliphatic hydroxyl groups excluding tert-OH is 1. The third-order valence-corrected chi connectivity index (χ3v) is 5.02. The molecule has 0 spiro atoms. The minimum absolute atomic E-state index is 0.0557. The lowest BCUT2D eigenvalue weighted by molar-refractivity contribution is 0.229. The number of fused-ring (bicyclic) bond motifs is 1. The third kappa shape index (κ3) is 3.20. The summed E-state index contributed by atoms with van der Waals surface area (Å²) >= 11 is 6.32. The van der Waals surface area contributed by atoms with Crippen molar-refractivity contribution < 1.29 is 13.9 Å². The van der Waals surface area contributed by atoms with E-state index in [0.717, 1.165) is 24.6 Å². The van der Waals surface area contributed by atoms with Gasteiger partial charge in [0, 0.05) is 24.1 Å². The average molecular weight is 377 g/mol. The number of hydrogen-bond acceptors (Lipinski definition) is 6. The molecule has 0 saturated heterocycles. The average Bonchev–Trinajstić information content (AvgIpc) is 3.20. The maximum atomic E-state index is 13.4. The summed E-state index contributed by atoms with van der Waals surface area (Å²) in [5.74, 6) is 0.873. The van der Waals surface area contributed by atoms with Crippen LogP contribution < -0.4 is 11.1 Å². The number of nitrogen functional groups attached to an aromatic ring is 1. The topological polar surface area (TPSA) is 97.2 Å². The van der Waals surface area contributed by atoms with Crippen LogP contribution in [0.1, 0.15) is 19.3 Å². The first-order chi connectivity index (χ1) is 12.5. The van der Waals surface area contributed by atoms with Gasteiger partial charge in [0.1, 0.15) is 28.1 Å². The second-order valence-electron chi connectivity index (χ2n) is 6.59. The van der Waals surface area contributed by atoms with Gasteiger partial charge in [-0.05, 0) is 43.4 Å². The van der Waals surface area contributed by atoms with Crippen molar-refractivity contribution in [3.63, 3.8) is 0 Å². The predicted molar refractivity (Wildman–Crippen MR) is 98.5 cm³/mol. The molecule has 1 fully saturated rings. The maximum Gasteiger partial charge on any atom is 0.223 e. The van der Waals surface area contributed by atoms with E-state index in [4.69, 9.17) is 21.8 Å². The van der Waals surface area contributed by atoms with Crippen LogP contribution in [0.5, 0.6) is 0 Å². The molecule has 2 atom stereocenters. The molecule has 1 saturated carbocycles. The molecule has 2 heterocycles. The summed E-state index contributed by atoms with van der Waals surface area (Å²) in [6.45, 7) is 0.173. The summed E-state index contributed by atoms with van der Waals surface area (Å²) in [5, 5.41) is 13.6. The Balaban J connectivity index is 1.74. The zero-order valence-corrected chi connectivity index (χ0v) is 14.6. The van der Waals surface area contributed by atoms with E-state index in [1.807, 2.05) is 0 Å². The van der Waals surface area contributed by atoms with Crippen molar-refractivity contribution >= 4 is 34.3 Å². The van der Waals surface area contributed by atoms with Crippen LogP contribution in [0.3, 0.4) is 0 Å². The lowest BCUT2D eigenvalue weighted by Gasteiger charge is -2.16. The largest absolute Gasteiger partial charge is 0.456 e. The lowest BCUT2D eigenvalue weighted by atomic mass is 10.1. The fourth-order valence-corrected chi connectivity index (χ4v) is 3.74. The van der Waals surface area contributed by atoms with Gasteiger partial charge in [-0.25, -0.2) is 9.37 Å². The van der Waals surface area contributed by atoms with E-state index in [1.165, 1.54) is 12.1 Å². The predicted octanol–water partition coefficient (Wildman–Crippen LogP) is 3.84. The quantitative estimate of drug-likeness (QED) is 0.598. The fourth-order valence-electron chi connectivity index (χ4n) is 3.47. The van der Waals surface area contributed by atoms with E-state index in [1.54, 1.807) is 12.1 Å². The van der Waals surface area contributed by atoms with Crippen LogP contribution in [0.2, 0.25) is 5.15 Å². The van der Waals surface area contributed by atoms with Gasteiger partial charge in [0.25, 0.3) is 0 Å². The number of aromatic nitrogens is 2. The highest BCUT2D eigenvalue weighted by Crippen LogP contribution is 2.38. The van der Waals surface area contributed by atoms with Crippen LogP contribution in [0.4, 0.5) is 16.2 Å². The molecule has 0 aliphatic heterocycles. The van der Waals surface area contributed by atoms with Crippen molar-refractivity contribution in [2.45, 2.75) is 25.3 Å². The number of benzene rings is 1. The fraction of sp³-hybridized carbons (Fsp3) is 0.333. The van der Waals surface area contributed by atoms with Gasteiger partial charge < -0.3 is 20.6 Å². The Morgan fingerprint density at radius 3 is 2.92 bits per heavy atom. The van der Waals surface area contributed by atoms with Gasteiger partial charge in [-0.1, -0.05) is 11.6 Å². The van der Waals surface area contributed by atoms with E-state index >= 15 is 0 Å². The van der Waals surface area contributed by atoms with E-state index in [2.05, 4.69) is 15.3 Å². The first-order valence-electron chi connectivity index (χ1n) is 8.43. The molecule has 1 aromatic carbocycles. The van der Waals surface area contributed by atoms with Crippen molar-refractivity contribution in [2.75, 3.05) is 17.7 Å². The normalized spacial score (nSPS) is 20.0. The number of hydrogen-bond donors (Lipinski definition) is 3. The summed E-state index contributed by atoms with van der Waals surface area (Å²) < 4.78 is 19.2. The Kier molecular flexibility index (Phi) is 4.42. The number of anilines is 2. The molecule has 1 aliphatic rings. The highest BCUT2D eigenvalue weighted by Gasteiger charge is 2.27. The van der Waals surface area contributed by atoms with E-state index in [0.29, 0.717) is 22.7 Å². The van der Waals surface area contributed by atoms with Crippen LogP contribution >= 0.6 is 11.6 Å². The second-order valence-corrected chi connectivity index (χ2v) is 6.95. The SMILES string of the molecule is Nc1nc(Cl)c(-c2cc3ccc(F)cc3o2)c(N[C@H]2CC[C@@H](CO)C2)n1. The Labute approximate surface area is 154 Å². The zero-order chi connectivity index (χ0) is 18.3. The van der Waals surface area contributed by atoms with Crippen molar-refractivity contribution in [1.82, 2.24) is 9.97 Å². The standard InChI is InChI=1S/C18H18ClFN4O2/c19-16-15(14-6-10-2-3-11(20)7-13(10)26-14)17(24-18(21)23-16)22-12-4-1-9(5-12)8-25/h2-3,6-7,9,12,25H,1,4-5,8H2,(H3,21,22,23,24)/t9-,12+/m1/s1. The summed E-state index contributed by atoms with van der Waals surface area (Å²) in [6, 6.07) is 6.25. The minimum Gasteiger partial charge on any atom is -0.456 e. The minimum atomic E-state index is -0.377. The zero-order valence-electron chi connectivity index (χ0n) is 13.9. The lowest BCUT2D eigenvalue weighted by Crippen LogP contribution is -2.18.